The van der Waals surface area contributed by atoms with Gasteiger partial charge in [0.1, 0.15) is 0 Å². The summed E-state index contributed by atoms with van der Waals surface area (Å²) in [4.78, 5) is 12.7. The average Bonchev–Trinajstić information content (AvgIpc) is 2.63. The number of hydrogen-bond donors (Lipinski definition) is 1. The first-order chi connectivity index (χ1) is 6.79. The molecular weight excluding hydrogens is 198 g/mol. The van der Waals surface area contributed by atoms with E-state index in [2.05, 4.69) is 4.90 Å². The molecule has 0 aromatic carbocycles. The standard InChI is InChI=1S/C10H19NO2S/c12-10(13)4-9-14-8-3-7-11-5-1-2-6-11/h1-9H2,(H,12,13). The van der Waals surface area contributed by atoms with Gasteiger partial charge >= 0.3 is 5.97 Å². The highest BCUT2D eigenvalue weighted by molar-refractivity contribution is 7.99. The van der Waals surface area contributed by atoms with Crippen LogP contribution in [0, 0.1) is 0 Å². The highest BCUT2D eigenvalue weighted by atomic mass is 32.2. The minimum Gasteiger partial charge on any atom is -0.481 e. The number of hydrogen-bond acceptors (Lipinski definition) is 3. The second kappa shape index (κ2) is 7.12. The normalized spacial score (nSPS) is 17.4. The lowest BCUT2D eigenvalue weighted by Gasteiger charge is -2.13. The highest BCUT2D eigenvalue weighted by Crippen LogP contribution is 2.10. The van der Waals surface area contributed by atoms with Crippen molar-refractivity contribution in [3.8, 4) is 0 Å². The Morgan fingerprint density at radius 1 is 1.29 bits per heavy atom. The molecule has 1 aliphatic heterocycles. The van der Waals surface area contributed by atoms with E-state index < -0.39 is 5.97 Å². The monoisotopic (exact) mass is 217 g/mol. The van der Waals surface area contributed by atoms with Crippen molar-refractivity contribution < 1.29 is 9.90 Å². The van der Waals surface area contributed by atoms with E-state index in [1.54, 1.807) is 11.8 Å². The quantitative estimate of drug-likeness (QED) is 0.659. The van der Waals surface area contributed by atoms with Crippen molar-refractivity contribution in [3.05, 3.63) is 0 Å². The number of rotatable bonds is 7. The zero-order chi connectivity index (χ0) is 10.2. The Labute approximate surface area is 89.9 Å². The lowest BCUT2D eigenvalue weighted by Crippen LogP contribution is -2.20. The van der Waals surface area contributed by atoms with Crippen LogP contribution in [0.25, 0.3) is 0 Å². The number of thioether (sulfide) groups is 1. The van der Waals surface area contributed by atoms with Crippen molar-refractivity contribution in [2.24, 2.45) is 0 Å². The summed E-state index contributed by atoms with van der Waals surface area (Å²) < 4.78 is 0. The molecule has 82 valence electrons. The van der Waals surface area contributed by atoms with Crippen LogP contribution in [0.2, 0.25) is 0 Å². The van der Waals surface area contributed by atoms with E-state index in [4.69, 9.17) is 5.11 Å². The molecule has 1 rings (SSSR count). The lowest BCUT2D eigenvalue weighted by molar-refractivity contribution is -0.136. The number of aliphatic carboxylic acids is 1. The van der Waals surface area contributed by atoms with Crippen LogP contribution in [0.15, 0.2) is 0 Å². The summed E-state index contributed by atoms with van der Waals surface area (Å²) in [6, 6.07) is 0. The number of carboxylic acid groups (broad SMARTS) is 1. The number of nitrogens with zero attached hydrogens (tertiary/aromatic N) is 1. The first kappa shape index (κ1) is 11.9. The van der Waals surface area contributed by atoms with Crippen molar-refractivity contribution in [1.29, 1.82) is 0 Å². The van der Waals surface area contributed by atoms with Crippen LogP contribution in [0.3, 0.4) is 0 Å². The van der Waals surface area contributed by atoms with Gasteiger partial charge in [-0.25, -0.2) is 0 Å². The largest absolute Gasteiger partial charge is 0.481 e. The van der Waals surface area contributed by atoms with Crippen LogP contribution in [0.1, 0.15) is 25.7 Å². The van der Waals surface area contributed by atoms with Gasteiger partial charge in [-0.15, -0.1) is 0 Å². The Morgan fingerprint density at radius 2 is 2.00 bits per heavy atom. The Kier molecular flexibility index (Phi) is 6.03. The molecule has 1 heterocycles. The van der Waals surface area contributed by atoms with E-state index in [0.29, 0.717) is 6.42 Å². The summed E-state index contributed by atoms with van der Waals surface area (Å²) in [5, 5.41) is 8.42. The average molecular weight is 217 g/mol. The van der Waals surface area contributed by atoms with E-state index in [1.807, 2.05) is 0 Å². The second-order valence-electron chi connectivity index (χ2n) is 3.66. The summed E-state index contributed by atoms with van der Waals surface area (Å²) in [5.41, 5.74) is 0. The molecule has 1 aliphatic rings. The van der Waals surface area contributed by atoms with Gasteiger partial charge in [-0.3, -0.25) is 4.79 Å². The molecule has 1 fully saturated rings. The van der Waals surface area contributed by atoms with E-state index in [9.17, 15) is 4.79 Å². The van der Waals surface area contributed by atoms with Gasteiger partial charge in [-0.05, 0) is 44.6 Å². The molecule has 0 aromatic heterocycles. The van der Waals surface area contributed by atoms with Crippen molar-refractivity contribution in [3.63, 3.8) is 0 Å². The minimum absolute atomic E-state index is 0.300. The van der Waals surface area contributed by atoms with Crippen LogP contribution in [-0.4, -0.2) is 47.1 Å². The van der Waals surface area contributed by atoms with E-state index >= 15 is 0 Å². The Balaban J connectivity index is 1.82. The van der Waals surface area contributed by atoms with Crippen LogP contribution >= 0.6 is 11.8 Å². The first-order valence-electron chi connectivity index (χ1n) is 5.31. The minimum atomic E-state index is -0.683. The zero-order valence-electron chi connectivity index (χ0n) is 8.57. The van der Waals surface area contributed by atoms with Gasteiger partial charge in [-0.1, -0.05) is 0 Å². The van der Waals surface area contributed by atoms with E-state index in [-0.39, 0.29) is 0 Å². The number of carboxylic acids is 1. The summed E-state index contributed by atoms with van der Waals surface area (Å²) in [6.07, 6.45) is 4.21. The maximum atomic E-state index is 10.2. The molecule has 1 N–H and O–H groups in total. The van der Waals surface area contributed by atoms with Gasteiger partial charge in [0.05, 0.1) is 6.42 Å². The molecule has 3 nitrogen and oxygen atoms in total. The van der Waals surface area contributed by atoms with E-state index in [1.165, 1.54) is 38.9 Å². The summed E-state index contributed by atoms with van der Waals surface area (Å²) in [6.45, 7) is 3.72. The molecular formula is C10H19NO2S. The molecule has 0 bridgehead atoms. The van der Waals surface area contributed by atoms with Crippen molar-refractivity contribution in [1.82, 2.24) is 4.90 Å². The van der Waals surface area contributed by atoms with Crippen LogP contribution in [-0.2, 0) is 4.79 Å². The zero-order valence-corrected chi connectivity index (χ0v) is 9.39. The molecule has 0 amide bonds. The molecule has 0 atom stereocenters. The molecule has 0 saturated carbocycles. The molecule has 14 heavy (non-hydrogen) atoms. The highest BCUT2D eigenvalue weighted by Gasteiger charge is 2.09. The Bertz CT molecular complexity index is 170. The topological polar surface area (TPSA) is 40.5 Å². The third-order valence-corrected chi connectivity index (χ3v) is 3.49. The SMILES string of the molecule is O=C(O)CCSCCCN1CCCC1. The smallest absolute Gasteiger partial charge is 0.304 e. The fraction of sp³-hybridized carbons (Fsp3) is 0.900. The van der Waals surface area contributed by atoms with Gasteiger partial charge < -0.3 is 10.0 Å². The number of carbonyl (C=O) groups is 1. The van der Waals surface area contributed by atoms with Gasteiger partial charge in [0.15, 0.2) is 0 Å². The van der Waals surface area contributed by atoms with E-state index in [0.717, 1.165) is 11.5 Å². The fourth-order valence-electron chi connectivity index (χ4n) is 1.66. The van der Waals surface area contributed by atoms with Crippen LogP contribution < -0.4 is 0 Å². The summed E-state index contributed by atoms with van der Waals surface area (Å²) in [5.74, 6) is 1.18. The van der Waals surface area contributed by atoms with Gasteiger partial charge in [0.25, 0.3) is 0 Å². The molecule has 0 aliphatic carbocycles. The van der Waals surface area contributed by atoms with Crippen LogP contribution in [0.5, 0.6) is 0 Å². The maximum Gasteiger partial charge on any atom is 0.304 e. The first-order valence-corrected chi connectivity index (χ1v) is 6.46. The molecule has 0 aromatic rings. The van der Waals surface area contributed by atoms with Gasteiger partial charge in [-0.2, -0.15) is 11.8 Å². The van der Waals surface area contributed by atoms with Crippen molar-refractivity contribution in [2.75, 3.05) is 31.1 Å². The Hall–Kier alpha value is -0.220. The van der Waals surface area contributed by atoms with Gasteiger partial charge in [0, 0.05) is 5.75 Å². The van der Waals surface area contributed by atoms with Crippen molar-refractivity contribution in [2.45, 2.75) is 25.7 Å². The lowest BCUT2D eigenvalue weighted by atomic mass is 10.4. The molecule has 1 saturated heterocycles. The third-order valence-electron chi connectivity index (χ3n) is 2.42. The summed E-state index contributed by atoms with van der Waals surface area (Å²) in [7, 11) is 0. The Morgan fingerprint density at radius 3 is 2.64 bits per heavy atom. The molecule has 0 radical (unpaired) electrons. The van der Waals surface area contributed by atoms with Crippen LogP contribution in [0.4, 0.5) is 0 Å². The van der Waals surface area contributed by atoms with Gasteiger partial charge in [0.2, 0.25) is 0 Å². The molecule has 4 heteroatoms. The maximum absolute atomic E-state index is 10.2. The molecule has 0 unspecified atom stereocenters. The third kappa shape index (κ3) is 5.50. The predicted molar refractivity (Wildman–Crippen MR) is 59.9 cm³/mol. The van der Waals surface area contributed by atoms with Crippen molar-refractivity contribution >= 4 is 17.7 Å². The summed E-state index contributed by atoms with van der Waals surface area (Å²) >= 11 is 1.76. The molecule has 0 spiro atoms. The fourth-order valence-corrected chi connectivity index (χ4v) is 2.51. The second-order valence-corrected chi connectivity index (χ2v) is 4.88. The number of likely N-dealkylation sites (tertiary alicyclic amines) is 1. The predicted octanol–water partition coefficient (Wildman–Crippen LogP) is 1.68.